The zero-order valence-corrected chi connectivity index (χ0v) is 19.6. The van der Waals surface area contributed by atoms with Crippen LogP contribution in [-0.4, -0.2) is 44.8 Å². The van der Waals surface area contributed by atoms with Crippen molar-refractivity contribution in [2.45, 2.75) is 32.3 Å². The van der Waals surface area contributed by atoms with Crippen LogP contribution in [0.25, 0.3) is 0 Å². The molecule has 2 aromatic carbocycles. The highest BCUT2D eigenvalue weighted by molar-refractivity contribution is 7.88. The standard InChI is InChI=1S/C23H25ClN2O5S/c1-3-8-29-22-16(13-25)9-19(10-21(22)24)30-17-4-6-18(7-5-17)31-20-11-23(12-20)14-26(15-23)32(2,27)28/h4-7,9-10,20H,3,8,11-12,14-15H2,1-2H3. The predicted octanol–water partition coefficient (Wildman–Crippen LogP) is 4.60. The molecule has 1 saturated heterocycles. The topological polar surface area (TPSA) is 88.9 Å². The third kappa shape index (κ3) is 4.80. The highest BCUT2D eigenvalue weighted by atomic mass is 35.5. The molecule has 7 nitrogen and oxygen atoms in total. The molecular formula is C23H25ClN2O5S. The Morgan fingerprint density at radius 2 is 1.81 bits per heavy atom. The molecule has 2 aromatic rings. The van der Waals surface area contributed by atoms with E-state index in [0.717, 1.165) is 25.0 Å². The van der Waals surface area contributed by atoms with E-state index >= 15 is 0 Å². The van der Waals surface area contributed by atoms with Crippen molar-refractivity contribution in [3.63, 3.8) is 0 Å². The summed E-state index contributed by atoms with van der Waals surface area (Å²) >= 11 is 6.28. The smallest absolute Gasteiger partial charge is 0.211 e. The lowest BCUT2D eigenvalue weighted by Crippen LogP contribution is -2.65. The summed E-state index contributed by atoms with van der Waals surface area (Å²) in [6, 6.07) is 12.6. The van der Waals surface area contributed by atoms with Gasteiger partial charge in [-0.15, -0.1) is 0 Å². The van der Waals surface area contributed by atoms with Crippen molar-refractivity contribution in [3.8, 4) is 29.1 Å². The number of nitriles is 1. The summed E-state index contributed by atoms with van der Waals surface area (Å²) in [6.45, 7) is 3.64. The Labute approximate surface area is 193 Å². The van der Waals surface area contributed by atoms with Gasteiger partial charge in [-0.2, -0.15) is 5.26 Å². The number of ether oxygens (including phenoxy) is 3. The largest absolute Gasteiger partial charge is 0.491 e. The van der Waals surface area contributed by atoms with Crippen molar-refractivity contribution in [1.82, 2.24) is 4.31 Å². The van der Waals surface area contributed by atoms with Crippen LogP contribution in [0.15, 0.2) is 36.4 Å². The van der Waals surface area contributed by atoms with E-state index in [2.05, 4.69) is 6.07 Å². The van der Waals surface area contributed by atoms with Gasteiger partial charge in [0.2, 0.25) is 10.0 Å². The fourth-order valence-electron chi connectivity index (χ4n) is 4.16. The lowest BCUT2D eigenvalue weighted by Gasteiger charge is -2.57. The zero-order valence-electron chi connectivity index (χ0n) is 18.0. The molecule has 9 heteroatoms. The maximum atomic E-state index is 11.5. The summed E-state index contributed by atoms with van der Waals surface area (Å²) < 4.78 is 42.0. The van der Waals surface area contributed by atoms with Crippen LogP contribution in [0.5, 0.6) is 23.0 Å². The first-order valence-corrected chi connectivity index (χ1v) is 12.7. The molecule has 0 N–H and O–H groups in total. The average molecular weight is 477 g/mol. The SMILES string of the molecule is CCCOc1c(Cl)cc(Oc2ccc(OC3CC4(C3)CN(S(C)(=O)=O)C4)cc2)cc1C#N. The molecule has 1 saturated carbocycles. The van der Waals surface area contributed by atoms with Crippen molar-refractivity contribution in [1.29, 1.82) is 5.26 Å². The minimum absolute atomic E-state index is 0.0848. The van der Waals surface area contributed by atoms with E-state index in [1.54, 1.807) is 24.3 Å². The Morgan fingerprint density at radius 1 is 1.16 bits per heavy atom. The van der Waals surface area contributed by atoms with Crippen molar-refractivity contribution in [2.75, 3.05) is 26.0 Å². The van der Waals surface area contributed by atoms with E-state index in [4.69, 9.17) is 25.8 Å². The van der Waals surface area contributed by atoms with Crippen molar-refractivity contribution in [2.24, 2.45) is 5.41 Å². The Morgan fingerprint density at radius 3 is 2.41 bits per heavy atom. The second-order valence-corrected chi connectivity index (χ2v) is 10.9. The summed E-state index contributed by atoms with van der Waals surface area (Å²) in [5.41, 5.74) is 0.409. The molecule has 0 aromatic heterocycles. The minimum Gasteiger partial charge on any atom is -0.491 e. The molecule has 1 aliphatic carbocycles. The lowest BCUT2D eigenvalue weighted by atomic mass is 9.63. The number of rotatable bonds is 8. The van der Waals surface area contributed by atoms with Gasteiger partial charge in [0.05, 0.1) is 29.6 Å². The van der Waals surface area contributed by atoms with E-state index < -0.39 is 10.0 Å². The quantitative estimate of drug-likeness (QED) is 0.553. The molecule has 0 atom stereocenters. The van der Waals surface area contributed by atoms with Crippen molar-refractivity contribution < 1.29 is 22.6 Å². The molecule has 0 bridgehead atoms. The van der Waals surface area contributed by atoms with Gasteiger partial charge in [0, 0.05) is 30.6 Å². The third-order valence-corrected chi connectivity index (χ3v) is 7.24. The molecule has 1 heterocycles. The number of hydrogen-bond acceptors (Lipinski definition) is 6. The number of sulfonamides is 1. The van der Waals surface area contributed by atoms with Crippen LogP contribution in [0, 0.1) is 16.7 Å². The van der Waals surface area contributed by atoms with Crippen molar-refractivity contribution in [3.05, 3.63) is 47.0 Å². The van der Waals surface area contributed by atoms with Crippen LogP contribution in [0.2, 0.25) is 5.02 Å². The second kappa shape index (κ2) is 8.81. The van der Waals surface area contributed by atoms with Crippen LogP contribution in [0.1, 0.15) is 31.7 Å². The van der Waals surface area contributed by atoms with Crippen LogP contribution >= 0.6 is 11.6 Å². The zero-order chi connectivity index (χ0) is 22.9. The molecule has 1 spiro atoms. The van der Waals surface area contributed by atoms with E-state index in [0.29, 0.717) is 47.5 Å². The summed E-state index contributed by atoms with van der Waals surface area (Å²) in [6.07, 6.45) is 3.88. The number of nitrogens with zero attached hydrogens (tertiary/aromatic N) is 2. The summed E-state index contributed by atoms with van der Waals surface area (Å²) in [5.74, 6) is 2.14. The van der Waals surface area contributed by atoms with Crippen LogP contribution in [-0.2, 0) is 10.0 Å². The van der Waals surface area contributed by atoms with Gasteiger partial charge in [0.1, 0.15) is 23.3 Å². The molecular weight excluding hydrogens is 452 g/mol. The summed E-state index contributed by atoms with van der Waals surface area (Å²) in [4.78, 5) is 0. The first-order valence-electron chi connectivity index (χ1n) is 10.5. The third-order valence-electron chi connectivity index (χ3n) is 5.76. The number of benzene rings is 2. The van der Waals surface area contributed by atoms with E-state index in [1.165, 1.54) is 10.6 Å². The van der Waals surface area contributed by atoms with Gasteiger partial charge in [0.15, 0.2) is 5.75 Å². The second-order valence-electron chi connectivity index (χ2n) is 8.49. The van der Waals surface area contributed by atoms with Crippen LogP contribution in [0.4, 0.5) is 0 Å². The van der Waals surface area contributed by atoms with Gasteiger partial charge < -0.3 is 14.2 Å². The van der Waals surface area contributed by atoms with Gasteiger partial charge in [-0.05, 0) is 43.5 Å². The molecule has 2 fully saturated rings. The molecule has 1 aliphatic heterocycles. The highest BCUT2D eigenvalue weighted by Gasteiger charge is 2.55. The first-order chi connectivity index (χ1) is 15.2. The highest BCUT2D eigenvalue weighted by Crippen LogP contribution is 2.50. The monoisotopic (exact) mass is 476 g/mol. The molecule has 4 rings (SSSR count). The average Bonchev–Trinajstić information content (AvgIpc) is 2.68. The van der Waals surface area contributed by atoms with Gasteiger partial charge in [-0.3, -0.25) is 0 Å². The van der Waals surface area contributed by atoms with Crippen LogP contribution < -0.4 is 14.2 Å². The Kier molecular flexibility index (Phi) is 6.26. The molecule has 0 amide bonds. The predicted molar refractivity (Wildman–Crippen MR) is 121 cm³/mol. The molecule has 32 heavy (non-hydrogen) atoms. The molecule has 2 aliphatic rings. The Balaban J connectivity index is 1.32. The number of hydrogen-bond donors (Lipinski definition) is 0. The Bertz CT molecular complexity index is 1130. The van der Waals surface area contributed by atoms with Gasteiger partial charge in [0.25, 0.3) is 0 Å². The first kappa shape index (κ1) is 22.7. The van der Waals surface area contributed by atoms with Gasteiger partial charge in [-0.1, -0.05) is 18.5 Å². The van der Waals surface area contributed by atoms with E-state index in [-0.39, 0.29) is 11.5 Å². The van der Waals surface area contributed by atoms with E-state index in [1.807, 2.05) is 19.1 Å². The Hall–Kier alpha value is -2.47. The van der Waals surface area contributed by atoms with Crippen LogP contribution in [0.3, 0.4) is 0 Å². The number of halogens is 1. The van der Waals surface area contributed by atoms with Gasteiger partial charge >= 0.3 is 0 Å². The molecule has 0 radical (unpaired) electrons. The van der Waals surface area contributed by atoms with Crippen molar-refractivity contribution >= 4 is 21.6 Å². The maximum Gasteiger partial charge on any atom is 0.211 e. The fraction of sp³-hybridized carbons (Fsp3) is 0.435. The van der Waals surface area contributed by atoms with E-state index in [9.17, 15) is 13.7 Å². The maximum absolute atomic E-state index is 11.5. The summed E-state index contributed by atoms with van der Waals surface area (Å²) in [7, 11) is -3.09. The fourth-order valence-corrected chi connectivity index (χ4v) is 5.44. The molecule has 0 unspecified atom stereocenters. The molecule has 170 valence electrons. The minimum atomic E-state index is -3.09. The lowest BCUT2D eigenvalue weighted by molar-refractivity contribution is -0.0868. The normalized spacial score (nSPS) is 17.8. The van der Waals surface area contributed by atoms with Gasteiger partial charge in [-0.25, -0.2) is 12.7 Å². The summed E-state index contributed by atoms with van der Waals surface area (Å²) in [5, 5.41) is 9.73.